The van der Waals surface area contributed by atoms with E-state index < -0.39 is 17.5 Å². The van der Waals surface area contributed by atoms with E-state index in [1.54, 1.807) is 12.1 Å². The average molecular weight is 466 g/mol. The SMILES string of the molecule is O=C(CN1CCC(C(=O)Nc2ccc(Cl)cn2)CC1)NCC(=O)Nc1ccc(F)c(F)c1. The molecule has 1 aromatic carbocycles. The molecule has 11 heteroatoms. The Hall–Kier alpha value is -3.11. The first kappa shape index (κ1) is 23.6. The lowest BCUT2D eigenvalue weighted by Crippen LogP contribution is -2.44. The highest BCUT2D eigenvalue weighted by molar-refractivity contribution is 6.30. The fraction of sp³-hybridized carbons (Fsp3) is 0.333. The Bertz CT molecular complexity index is 982. The molecule has 1 aromatic heterocycles. The predicted octanol–water partition coefficient (Wildman–Crippen LogP) is 2.42. The number of piperidine rings is 1. The van der Waals surface area contributed by atoms with Gasteiger partial charge >= 0.3 is 0 Å². The van der Waals surface area contributed by atoms with Crippen LogP contribution in [0, 0.1) is 17.6 Å². The van der Waals surface area contributed by atoms with Gasteiger partial charge in [-0.2, -0.15) is 0 Å². The molecule has 2 aromatic rings. The Balaban J connectivity index is 1.35. The maximum absolute atomic E-state index is 13.2. The minimum atomic E-state index is -1.08. The molecule has 2 heterocycles. The van der Waals surface area contributed by atoms with Crippen LogP contribution in [0.3, 0.4) is 0 Å². The van der Waals surface area contributed by atoms with Gasteiger partial charge in [-0.15, -0.1) is 0 Å². The van der Waals surface area contributed by atoms with E-state index in [0.29, 0.717) is 36.8 Å². The number of anilines is 2. The number of hydrogen-bond acceptors (Lipinski definition) is 5. The molecule has 0 atom stereocenters. The van der Waals surface area contributed by atoms with E-state index in [2.05, 4.69) is 20.9 Å². The van der Waals surface area contributed by atoms with Gasteiger partial charge in [-0.1, -0.05) is 11.6 Å². The van der Waals surface area contributed by atoms with Crippen molar-refractivity contribution in [1.82, 2.24) is 15.2 Å². The molecule has 1 saturated heterocycles. The number of nitrogens with zero attached hydrogens (tertiary/aromatic N) is 2. The second-order valence-corrected chi connectivity index (χ2v) is 7.79. The van der Waals surface area contributed by atoms with Crippen molar-refractivity contribution in [2.24, 2.45) is 5.92 Å². The predicted molar refractivity (Wildman–Crippen MR) is 115 cm³/mol. The van der Waals surface area contributed by atoms with Crippen LogP contribution in [0.4, 0.5) is 20.3 Å². The van der Waals surface area contributed by atoms with Crippen LogP contribution in [0.25, 0.3) is 0 Å². The molecule has 0 bridgehead atoms. The number of amides is 3. The first-order valence-corrected chi connectivity index (χ1v) is 10.3. The molecule has 3 amide bonds. The number of hydrogen-bond donors (Lipinski definition) is 3. The Morgan fingerprint density at radius 2 is 1.78 bits per heavy atom. The van der Waals surface area contributed by atoms with Crippen LogP contribution in [0.5, 0.6) is 0 Å². The monoisotopic (exact) mass is 465 g/mol. The van der Waals surface area contributed by atoms with Gasteiger partial charge in [0.15, 0.2) is 11.6 Å². The topological polar surface area (TPSA) is 103 Å². The third kappa shape index (κ3) is 6.96. The minimum Gasteiger partial charge on any atom is -0.346 e. The van der Waals surface area contributed by atoms with Gasteiger partial charge in [-0.3, -0.25) is 19.3 Å². The Kier molecular flexibility index (Phi) is 8.07. The normalized spacial score (nSPS) is 14.6. The van der Waals surface area contributed by atoms with Crippen LogP contribution in [0.15, 0.2) is 36.5 Å². The number of rotatable bonds is 7. The molecule has 8 nitrogen and oxygen atoms in total. The van der Waals surface area contributed by atoms with E-state index in [-0.39, 0.29) is 36.5 Å². The second kappa shape index (κ2) is 11.0. The maximum atomic E-state index is 13.2. The number of pyridine rings is 1. The Morgan fingerprint density at radius 1 is 1.03 bits per heavy atom. The molecule has 0 aliphatic carbocycles. The minimum absolute atomic E-state index is 0.0888. The molecular weight excluding hydrogens is 444 g/mol. The van der Waals surface area contributed by atoms with Gasteiger partial charge in [-0.25, -0.2) is 13.8 Å². The Morgan fingerprint density at radius 3 is 2.44 bits per heavy atom. The maximum Gasteiger partial charge on any atom is 0.243 e. The van der Waals surface area contributed by atoms with Crippen molar-refractivity contribution < 1.29 is 23.2 Å². The lowest BCUT2D eigenvalue weighted by atomic mass is 9.96. The summed E-state index contributed by atoms with van der Waals surface area (Å²) in [4.78, 5) is 42.3. The van der Waals surface area contributed by atoms with Crippen molar-refractivity contribution in [3.63, 3.8) is 0 Å². The van der Waals surface area contributed by atoms with E-state index >= 15 is 0 Å². The molecule has 0 spiro atoms. The van der Waals surface area contributed by atoms with Crippen molar-refractivity contribution in [3.8, 4) is 0 Å². The molecule has 32 heavy (non-hydrogen) atoms. The standard InChI is InChI=1S/C21H22ClF2N5O3/c22-14-1-4-18(25-10-14)28-21(32)13-5-7-29(8-6-13)12-20(31)26-11-19(30)27-15-2-3-16(23)17(24)9-15/h1-4,9-10,13H,5-8,11-12H2,(H,26,31)(H,27,30)(H,25,28,32). The number of halogens is 3. The lowest BCUT2D eigenvalue weighted by Gasteiger charge is -2.30. The van der Waals surface area contributed by atoms with Crippen molar-refractivity contribution in [2.45, 2.75) is 12.8 Å². The summed E-state index contributed by atoms with van der Waals surface area (Å²) in [5.74, 6) is -2.88. The summed E-state index contributed by atoms with van der Waals surface area (Å²) in [5, 5.41) is 8.11. The molecule has 0 saturated carbocycles. The summed E-state index contributed by atoms with van der Waals surface area (Å²) in [6, 6.07) is 6.26. The van der Waals surface area contributed by atoms with Crippen molar-refractivity contribution in [3.05, 3.63) is 53.2 Å². The Labute approximate surface area is 188 Å². The van der Waals surface area contributed by atoms with E-state index in [1.807, 2.05) is 4.90 Å². The molecule has 170 valence electrons. The van der Waals surface area contributed by atoms with Gasteiger partial charge in [0.2, 0.25) is 17.7 Å². The largest absolute Gasteiger partial charge is 0.346 e. The van der Waals surface area contributed by atoms with Crippen molar-refractivity contribution in [2.75, 3.05) is 36.8 Å². The zero-order chi connectivity index (χ0) is 23.1. The fourth-order valence-electron chi connectivity index (χ4n) is 3.25. The average Bonchev–Trinajstić information content (AvgIpc) is 2.77. The number of carbonyl (C=O) groups excluding carboxylic acids is 3. The second-order valence-electron chi connectivity index (χ2n) is 7.36. The quantitative estimate of drug-likeness (QED) is 0.582. The molecule has 1 aliphatic rings. The van der Waals surface area contributed by atoms with Crippen LogP contribution in [-0.2, 0) is 14.4 Å². The summed E-state index contributed by atoms with van der Waals surface area (Å²) in [5.41, 5.74) is 0.0947. The van der Waals surface area contributed by atoms with Gasteiger partial charge in [-0.05, 0) is 50.2 Å². The summed E-state index contributed by atoms with van der Waals surface area (Å²) < 4.78 is 26.1. The lowest BCUT2D eigenvalue weighted by molar-refractivity contribution is -0.125. The summed E-state index contributed by atoms with van der Waals surface area (Å²) in [7, 11) is 0. The molecule has 0 radical (unpaired) electrons. The highest BCUT2D eigenvalue weighted by Crippen LogP contribution is 2.19. The van der Waals surface area contributed by atoms with Gasteiger partial charge in [0.25, 0.3) is 0 Å². The number of benzene rings is 1. The molecule has 3 rings (SSSR count). The number of carbonyl (C=O) groups is 3. The van der Waals surface area contributed by atoms with E-state index in [4.69, 9.17) is 11.6 Å². The van der Waals surface area contributed by atoms with E-state index in [9.17, 15) is 23.2 Å². The van der Waals surface area contributed by atoms with Crippen LogP contribution in [0.2, 0.25) is 5.02 Å². The van der Waals surface area contributed by atoms with Crippen molar-refractivity contribution >= 4 is 40.8 Å². The smallest absolute Gasteiger partial charge is 0.243 e. The summed E-state index contributed by atoms with van der Waals surface area (Å²) in [6.45, 7) is 0.900. The first-order valence-electron chi connectivity index (χ1n) is 9.96. The van der Waals surface area contributed by atoms with Crippen LogP contribution in [0.1, 0.15) is 12.8 Å². The van der Waals surface area contributed by atoms with Crippen LogP contribution >= 0.6 is 11.6 Å². The number of aromatic nitrogens is 1. The number of likely N-dealkylation sites (tertiary alicyclic amines) is 1. The fourth-order valence-corrected chi connectivity index (χ4v) is 3.36. The third-order valence-corrected chi connectivity index (χ3v) is 5.18. The third-order valence-electron chi connectivity index (χ3n) is 4.95. The molecule has 0 unspecified atom stereocenters. The highest BCUT2D eigenvalue weighted by Gasteiger charge is 2.26. The van der Waals surface area contributed by atoms with Crippen LogP contribution < -0.4 is 16.0 Å². The van der Waals surface area contributed by atoms with Gasteiger partial charge < -0.3 is 16.0 Å². The molecule has 1 fully saturated rings. The summed E-state index contributed by atoms with van der Waals surface area (Å²) in [6.07, 6.45) is 2.63. The molecular formula is C21H22ClF2N5O3. The highest BCUT2D eigenvalue weighted by atomic mass is 35.5. The van der Waals surface area contributed by atoms with Crippen LogP contribution in [-0.4, -0.2) is 53.8 Å². The van der Waals surface area contributed by atoms with Gasteiger partial charge in [0, 0.05) is 23.9 Å². The van der Waals surface area contributed by atoms with E-state index in [0.717, 1.165) is 12.1 Å². The molecule has 3 N–H and O–H groups in total. The molecule has 1 aliphatic heterocycles. The van der Waals surface area contributed by atoms with Crippen molar-refractivity contribution in [1.29, 1.82) is 0 Å². The zero-order valence-corrected chi connectivity index (χ0v) is 17.8. The summed E-state index contributed by atoms with van der Waals surface area (Å²) >= 11 is 5.78. The first-order chi connectivity index (χ1) is 15.3. The number of nitrogens with one attached hydrogen (secondary N) is 3. The van der Waals surface area contributed by atoms with Gasteiger partial charge in [0.1, 0.15) is 5.82 Å². The zero-order valence-electron chi connectivity index (χ0n) is 17.0. The van der Waals surface area contributed by atoms with Gasteiger partial charge in [0.05, 0.1) is 18.1 Å². The van der Waals surface area contributed by atoms with E-state index in [1.165, 1.54) is 12.3 Å².